The molecule has 2 fully saturated rings. The van der Waals surface area contributed by atoms with Crippen LogP contribution >= 0.6 is 7.75 Å². The summed E-state index contributed by atoms with van der Waals surface area (Å²) in [6.07, 6.45) is 0.310. The number of aliphatic hydroxyl groups excluding tert-OH is 1. The van der Waals surface area contributed by atoms with Crippen LogP contribution in [-0.2, 0) is 23.4 Å². The van der Waals surface area contributed by atoms with E-state index in [1.54, 1.807) is 6.92 Å². The Labute approximate surface area is 234 Å². The first-order valence-electron chi connectivity index (χ1n) is 13.4. The molecule has 12 nitrogen and oxygen atoms in total. The number of aromatic amines is 1. The van der Waals surface area contributed by atoms with Crippen LogP contribution in [0.4, 0.5) is 8.78 Å². The molecular weight excluding hydrogens is 567 g/mol. The molecule has 41 heavy (non-hydrogen) atoms. The Balaban J connectivity index is 1.52. The van der Waals surface area contributed by atoms with Gasteiger partial charge < -0.3 is 19.1 Å². The molecule has 1 saturated heterocycles. The fourth-order valence-corrected chi connectivity index (χ4v) is 6.38. The van der Waals surface area contributed by atoms with Crippen molar-refractivity contribution in [3.63, 3.8) is 0 Å². The van der Waals surface area contributed by atoms with Crippen LogP contribution in [0.2, 0.25) is 0 Å². The SMILES string of the molecule is CC[C@H](NP(=O)(OC[C@H]1O[C@@H](n2ccc(=O)[nH]c2=O)[C@](C)(F)[C@@H]1O)Oc1ccc(F)cc1)C(=O)OC1CCCCC1. The van der Waals surface area contributed by atoms with E-state index in [4.69, 9.17) is 18.5 Å². The third kappa shape index (κ3) is 7.49. The highest BCUT2D eigenvalue weighted by Gasteiger charge is 2.56. The van der Waals surface area contributed by atoms with Gasteiger partial charge in [0, 0.05) is 12.3 Å². The highest BCUT2D eigenvalue weighted by Crippen LogP contribution is 2.47. The molecule has 1 saturated carbocycles. The Morgan fingerprint density at radius 1 is 1.24 bits per heavy atom. The molecule has 0 amide bonds. The maximum absolute atomic E-state index is 15.6. The molecule has 2 aliphatic rings. The summed E-state index contributed by atoms with van der Waals surface area (Å²) in [5.74, 6) is -1.28. The molecule has 1 aliphatic heterocycles. The van der Waals surface area contributed by atoms with Gasteiger partial charge in [0.15, 0.2) is 11.9 Å². The van der Waals surface area contributed by atoms with Crippen LogP contribution in [-0.4, -0.2) is 57.3 Å². The summed E-state index contributed by atoms with van der Waals surface area (Å²) in [5.41, 5.74) is -4.20. The number of aliphatic hydroxyl groups is 1. The highest BCUT2D eigenvalue weighted by atomic mass is 31.2. The summed E-state index contributed by atoms with van der Waals surface area (Å²) < 4.78 is 66.0. The largest absolute Gasteiger partial charge is 0.461 e. The van der Waals surface area contributed by atoms with E-state index in [2.05, 4.69) is 5.09 Å². The number of nitrogens with zero attached hydrogens (tertiary/aromatic N) is 1. The van der Waals surface area contributed by atoms with E-state index in [1.807, 2.05) is 4.98 Å². The van der Waals surface area contributed by atoms with E-state index in [-0.39, 0.29) is 18.3 Å². The second-order valence-electron chi connectivity index (χ2n) is 10.3. The molecule has 0 bridgehead atoms. The van der Waals surface area contributed by atoms with Gasteiger partial charge in [-0.05, 0) is 63.3 Å². The minimum absolute atomic E-state index is 0.0568. The van der Waals surface area contributed by atoms with Gasteiger partial charge in [0.1, 0.15) is 35.9 Å². The second kappa shape index (κ2) is 13.0. The number of carbonyl (C=O) groups excluding carboxylic acids is 1. The first kappa shape index (κ1) is 31.0. The molecule has 2 heterocycles. The Morgan fingerprint density at radius 2 is 1.93 bits per heavy atom. The van der Waals surface area contributed by atoms with Crippen molar-refractivity contribution >= 4 is 13.7 Å². The fourth-order valence-electron chi connectivity index (χ4n) is 4.79. The van der Waals surface area contributed by atoms with Crippen molar-refractivity contribution in [1.29, 1.82) is 0 Å². The average Bonchev–Trinajstić information content (AvgIpc) is 3.16. The minimum atomic E-state index is -4.47. The number of nitrogens with one attached hydrogen (secondary N) is 2. The molecular formula is C26H34F2N3O9P. The van der Waals surface area contributed by atoms with Crippen LogP contribution in [0.25, 0.3) is 0 Å². The second-order valence-corrected chi connectivity index (χ2v) is 12.0. The van der Waals surface area contributed by atoms with Crippen molar-refractivity contribution in [2.45, 2.75) is 88.6 Å². The molecule has 6 atom stereocenters. The number of alkyl halides is 1. The van der Waals surface area contributed by atoms with Gasteiger partial charge in [0.05, 0.1) is 6.61 Å². The molecule has 4 rings (SSSR count). The van der Waals surface area contributed by atoms with E-state index < -0.39 is 67.5 Å². The average molecular weight is 602 g/mol. The summed E-state index contributed by atoms with van der Waals surface area (Å²) in [6, 6.07) is 4.41. The quantitative estimate of drug-likeness (QED) is 0.258. The third-order valence-corrected chi connectivity index (χ3v) is 8.68. The Morgan fingerprint density at radius 3 is 2.56 bits per heavy atom. The lowest BCUT2D eigenvalue weighted by Crippen LogP contribution is -2.44. The van der Waals surface area contributed by atoms with Crippen molar-refractivity contribution < 1.29 is 41.8 Å². The maximum atomic E-state index is 15.6. The molecule has 1 aliphatic carbocycles. The van der Waals surface area contributed by atoms with Gasteiger partial charge in [-0.1, -0.05) is 13.3 Å². The zero-order valence-corrected chi connectivity index (χ0v) is 23.6. The molecule has 15 heteroatoms. The van der Waals surface area contributed by atoms with Crippen LogP contribution < -0.4 is 20.9 Å². The first-order chi connectivity index (χ1) is 19.4. The van der Waals surface area contributed by atoms with Gasteiger partial charge in [0.2, 0.25) is 0 Å². The number of hydrogen-bond acceptors (Lipinski definition) is 9. The molecule has 0 spiro atoms. The van der Waals surface area contributed by atoms with Crippen LogP contribution in [0.15, 0.2) is 46.1 Å². The topological polar surface area (TPSA) is 158 Å². The number of benzene rings is 1. The van der Waals surface area contributed by atoms with E-state index >= 15 is 4.39 Å². The zero-order valence-electron chi connectivity index (χ0n) is 22.7. The molecule has 226 valence electrons. The molecule has 0 radical (unpaired) electrons. The summed E-state index contributed by atoms with van der Waals surface area (Å²) in [4.78, 5) is 38.6. The van der Waals surface area contributed by atoms with E-state index in [1.165, 1.54) is 12.1 Å². The first-order valence-corrected chi connectivity index (χ1v) is 15.0. The summed E-state index contributed by atoms with van der Waals surface area (Å²) in [5, 5.41) is 13.2. The number of hydrogen-bond donors (Lipinski definition) is 3. The van der Waals surface area contributed by atoms with Crippen molar-refractivity contribution in [2.24, 2.45) is 0 Å². The maximum Gasteiger partial charge on any atom is 0.459 e. The van der Waals surface area contributed by atoms with Gasteiger partial charge in [-0.15, -0.1) is 0 Å². The van der Waals surface area contributed by atoms with Crippen molar-refractivity contribution in [3.05, 3.63) is 63.2 Å². The van der Waals surface area contributed by atoms with E-state index in [0.717, 1.165) is 68.0 Å². The predicted molar refractivity (Wildman–Crippen MR) is 142 cm³/mol. The fraction of sp³-hybridized carbons (Fsp3) is 0.577. The number of rotatable bonds is 11. The highest BCUT2D eigenvalue weighted by molar-refractivity contribution is 7.52. The lowest BCUT2D eigenvalue weighted by atomic mass is 9.98. The van der Waals surface area contributed by atoms with E-state index in [0.29, 0.717) is 0 Å². The Kier molecular flexibility index (Phi) is 9.81. The molecule has 3 N–H and O–H groups in total. The number of halogens is 2. The van der Waals surface area contributed by atoms with Gasteiger partial charge in [-0.2, -0.15) is 5.09 Å². The van der Waals surface area contributed by atoms with Gasteiger partial charge in [-0.25, -0.2) is 18.1 Å². The number of carbonyl (C=O) groups is 1. The lowest BCUT2D eigenvalue weighted by Gasteiger charge is -2.28. The van der Waals surface area contributed by atoms with Crippen molar-refractivity contribution in [1.82, 2.24) is 14.6 Å². The standard InChI is InChI=1S/C26H34F2N3O9P/c1-3-19(23(34)38-17-7-5-4-6-8-17)30-41(36,40-18-11-9-16(27)10-12-18)37-15-20-22(33)26(2,28)24(39-20)31-14-13-21(32)29-25(31)35/h9-14,17,19-20,22,24,33H,3-8,15H2,1-2H3,(H,30,36)(H,29,32,35)/t19-,20+,22+,24+,26+,41?/m0/s1. The zero-order chi connectivity index (χ0) is 29.8. The lowest BCUT2D eigenvalue weighted by molar-refractivity contribution is -0.152. The van der Waals surface area contributed by atoms with Gasteiger partial charge >= 0.3 is 19.4 Å². The normalized spacial score (nSPS) is 27.2. The number of H-pyrrole nitrogens is 1. The number of aromatic nitrogens is 2. The number of esters is 1. The van der Waals surface area contributed by atoms with Crippen LogP contribution in [0.1, 0.15) is 58.6 Å². The third-order valence-electron chi connectivity index (χ3n) is 7.11. The van der Waals surface area contributed by atoms with Crippen LogP contribution in [0.3, 0.4) is 0 Å². The van der Waals surface area contributed by atoms with Crippen molar-refractivity contribution in [3.8, 4) is 5.75 Å². The predicted octanol–water partition coefficient (Wildman–Crippen LogP) is 3.11. The minimum Gasteiger partial charge on any atom is -0.461 e. The van der Waals surface area contributed by atoms with Crippen LogP contribution in [0, 0.1) is 5.82 Å². The Bertz CT molecular complexity index is 1360. The molecule has 1 unspecified atom stereocenters. The molecule has 1 aromatic heterocycles. The number of ether oxygens (including phenoxy) is 2. The Hall–Kier alpha value is -2.90. The smallest absolute Gasteiger partial charge is 0.459 e. The van der Waals surface area contributed by atoms with E-state index in [9.17, 15) is 28.4 Å². The summed E-state index contributed by atoms with van der Waals surface area (Å²) >= 11 is 0. The molecule has 2 aromatic rings. The van der Waals surface area contributed by atoms with Crippen LogP contribution in [0.5, 0.6) is 5.75 Å². The van der Waals surface area contributed by atoms with Gasteiger partial charge in [0.25, 0.3) is 5.56 Å². The summed E-state index contributed by atoms with van der Waals surface area (Å²) in [6.45, 7) is 1.96. The monoisotopic (exact) mass is 601 g/mol. The molecule has 1 aromatic carbocycles. The van der Waals surface area contributed by atoms with Gasteiger partial charge in [-0.3, -0.25) is 23.7 Å². The van der Waals surface area contributed by atoms with Crippen molar-refractivity contribution in [2.75, 3.05) is 6.61 Å². The summed E-state index contributed by atoms with van der Waals surface area (Å²) in [7, 11) is -4.47.